The average Bonchev–Trinajstić information content (AvgIpc) is 2.75. The molecule has 0 radical (unpaired) electrons. The number of hydrogen-bond donors (Lipinski definition) is 1. The zero-order chi connectivity index (χ0) is 14.0. The van der Waals surface area contributed by atoms with Crippen molar-refractivity contribution in [2.24, 2.45) is 10.7 Å². The summed E-state index contributed by atoms with van der Waals surface area (Å²) in [4.78, 5) is 4.16. The third-order valence-corrected chi connectivity index (χ3v) is 3.03. The second-order valence-electron chi connectivity index (χ2n) is 4.21. The molecule has 0 spiro atoms. The molecule has 0 aliphatic carbocycles. The van der Waals surface area contributed by atoms with Crippen LogP contribution in [0.25, 0.3) is 0 Å². The molecule has 6 heteroatoms. The standard InChI is InChI=1S/C13H18N2O4/c1-7-11(19-13(14)15-7)8-5-9(16-2)12(18-4)10(6-8)17-3/h5-7,11H,1-4H3,(H2,14,15). The molecular formula is C13H18N2O4. The lowest BCUT2D eigenvalue weighted by Gasteiger charge is -2.18. The van der Waals surface area contributed by atoms with E-state index < -0.39 is 0 Å². The molecule has 0 amide bonds. The van der Waals surface area contributed by atoms with Crippen LogP contribution in [0.4, 0.5) is 0 Å². The third kappa shape index (κ3) is 2.38. The topological polar surface area (TPSA) is 75.3 Å². The van der Waals surface area contributed by atoms with Gasteiger partial charge in [-0.1, -0.05) is 0 Å². The molecule has 104 valence electrons. The molecule has 1 aromatic carbocycles. The Morgan fingerprint density at radius 3 is 2.05 bits per heavy atom. The molecule has 2 N–H and O–H groups in total. The van der Waals surface area contributed by atoms with Crippen LogP contribution in [0.15, 0.2) is 17.1 Å². The third-order valence-electron chi connectivity index (χ3n) is 3.03. The van der Waals surface area contributed by atoms with E-state index in [1.807, 2.05) is 19.1 Å². The molecule has 0 aromatic heterocycles. The summed E-state index contributed by atoms with van der Waals surface area (Å²) in [5.41, 5.74) is 6.47. The van der Waals surface area contributed by atoms with E-state index in [0.29, 0.717) is 17.2 Å². The monoisotopic (exact) mass is 266 g/mol. The van der Waals surface area contributed by atoms with Crippen molar-refractivity contribution in [1.82, 2.24) is 0 Å². The van der Waals surface area contributed by atoms with E-state index in [2.05, 4.69) is 4.99 Å². The minimum Gasteiger partial charge on any atom is -0.493 e. The van der Waals surface area contributed by atoms with Gasteiger partial charge in [0.2, 0.25) is 5.75 Å². The lowest BCUT2D eigenvalue weighted by Crippen LogP contribution is -2.15. The minimum atomic E-state index is -0.242. The summed E-state index contributed by atoms with van der Waals surface area (Å²) in [6.45, 7) is 1.94. The number of aliphatic imine (C=N–C) groups is 1. The summed E-state index contributed by atoms with van der Waals surface area (Å²) in [7, 11) is 4.71. The Morgan fingerprint density at radius 1 is 1.11 bits per heavy atom. The van der Waals surface area contributed by atoms with E-state index in [4.69, 9.17) is 24.7 Å². The van der Waals surface area contributed by atoms with Crippen molar-refractivity contribution in [2.45, 2.75) is 19.1 Å². The maximum Gasteiger partial charge on any atom is 0.283 e. The zero-order valence-corrected chi connectivity index (χ0v) is 11.5. The van der Waals surface area contributed by atoms with Crippen molar-refractivity contribution in [3.63, 3.8) is 0 Å². The van der Waals surface area contributed by atoms with Gasteiger partial charge < -0.3 is 24.7 Å². The van der Waals surface area contributed by atoms with E-state index in [1.54, 1.807) is 21.3 Å². The van der Waals surface area contributed by atoms with Crippen molar-refractivity contribution < 1.29 is 18.9 Å². The number of nitrogens with zero attached hydrogens (tertiary/aromatic N) is 1. The maximum absolute atomic E-state index is 5.59. The fourth-order valence-corrected chi connectivity index (χ4v) is 2.14. The maximum atomic E-state index is 5.59. The number of methoxy groups -OCH3 is 3. The van der Waals surface area contributed by atoms with Crippen LogP contribution in [-0.2, 0) is 4.74 Å². The molecule has 2 atom stereocenters. The first-order chi connectivity index (χ1) is 9.10. The Hall–Kier alpha value is -2.11. The van der Waals surface area contributed by atoms with Gasteiger partial charge in [0.1, 0.15) is 6.10 Å². The van der Waals surface area contributed by atoms with Crippen molar-refractivity contribution in [3.05, 3.63) is 17.7 Å². The Morgan fingerprint density at radius 2 is 1.68 bits per heavy atom. The number of amidine groups is 1. The fourth-order valence-electron chi connectivity index (χ4n) is 2.14. The summed E-state index contributed by atoms with van der Waals surface area (Å²) >= 11 is 0. The van der Waals surface area contributed by atoms with Crippen LogP contribution in [0, 0.1) is 0 Å². The van der Waals surface area contributed by atoms with Crippen LogP contribution in [0.3, 0.4) is 0 Å². The van der Waals surface area contributed by atoms with Crippen LogP contribution in [0.5, 0.6) is 17.2 Å². The molecule has 1 heterocycles. The Balaban J connectivity index is 2.42. The largest absolute Gasteiger partial charge is 0.493 e. The molecule has 0 saturated heterocycles. The zero-order valence-electron chi connectivity index (χ0n) is 11.5. The van der Waals surface area contributed by atoms with Crippen LogP contribution in [0.1, 0.15) is 18.6 Å². The SMILES string of the molecule is COc1cc(C2OC(N)=NC2C)cc(OC)c1OC. The van der Waals surface area contributed by atoms with Crippen LogP contribution in [-0.4, -0.2) is 33.4 Å². The van der Waals surface area contributed by atoms with Gasteiger partial charge in [-0.2, -0.15) is 0 Å². The van der Waals surface area contributed by atoms with Gasteiger partial charge in [-0.05, 0) is 19.1 Å². The highest BCUT2D eigenvalue weighted by Crippen LogP contribution is 2.41. The summed E-state index contributed by atoms with van der Waals surface area (Å²) in [5.74, 6) is 1.71. The Kier molecular flexibility index (Phi) is 3.69. The quantitative estimate of drug-likeness (QED) is 0.893. The van der Waals surface area contributed by atoms with Gasteiger partial charge in [0.15, 0.2) is 11.5 Å². The second kappa shape index (κ2) is 5.26. The minimum absolute atomic E-state index is 0.0530. The summed E-state index contributed by atoms with van der Waals surface area (Å²) < 4.78 is 21.4. The number of nitrogens with two attached hydrogens (primary N) is 1. The molecule has 19 heavy (non-hydrogen) atoms. The first kappa shape index (κ1) is 13.3. The summed E-state index contributed by atoms with van der Waals surface area (Å²) in [6.07, 6.45) is -0.242. The molecule has 1 aromatic rings. The van der Waals surface area contributed by atoms with E-state index in [-0.39, 0.29) is 18.2 Å². The first-order valence-corrected chi connectivity index (χ1v) is 5.90. The van der Waals surface area contributed by atoms with Crippen molar-refractivity contribution in [3.8, 4) is 17.2 Å². The lowest BCUT2D eigenvalue weighted by atomic mass is 10.0. The van der Waals surface area contributed by atoms with Gasteiger partial charge in [-0.25, -0.2) is 4.99 Å². The highest BCUT2D eigenvalue weighted by Gasteiger charge is 2.29. The van der Waals surface area contributed by atoms with E-state index in [0.717, 1.165) is 5.56 Å². The van der Waals surface area contributed by atoms with Gasteiger partial charge in [-0.15, -0.1) is 0 Å². The molecule has 2 rings (SSSR count). The molecule has 0 saturated carbocycles. The molecule has 0 bridgehead atoms. The number of benzene rings is 1. The molecule has 1 aliphatic heterocycles. The van der Waals surface area contributed by atoms with E-state index in [1.165, 1.54) is 0 Å². The molecule has 6 nitrogen and oxygen atoms in total. The predicted octanol–water partition coefficient (Wildman–Crippen LogP) is 1.49. The Bertz CT molecular complexity index is 476. The highest BCUT2D eigenvalue weighted by molar-refractivity contribution is 5.74. The van der Waals surface area contributed by atoms with Gasteiger partial charge >= 0.3 is 0 Å². The van der Waals surface area contributed by atoms with E-state index >= 15 is 0 Å². The fraction of sp³-hybridized carbons (Fsp3) is 0.462. The van der Waals surface area contributed by atoms with Crippen LogP contribution < -0.4 is 19.9 Å². The van der Waals surface area contributed by atoms with Crippen LogP contribution in [0.2, 0.25) is 0 Å². The Labute approximate surface area is 112 Å². The highest BCUT2D eigenvalue weighted by atomic mass is 16.5. The summed E-state index contributed by atoms with van der Waals surface area (Å²) in [5, 5.41) is 0. The van der Waals surface area contributed by atoms with Crippen LogP contribution >= 0.6 is 0 Å². The second-order valence-corrected chi connectivity index (χ2v) is 4.21. The molecule has 2 unspecified atom stereocenters. The number of rotatable bonds is 4. The first-order valence-electron chi connectivity index (χ1n) is 5.90. The van der Waals surface area contributed by atoms with Gasteiger partial charge in [0.05, 0.1) is 27.4 Å². The predicted molar refractivity (Wildman–Crippen MR) is 71.0 cm³/mol. The van der Waals surface area contributed by atoms with Crippen molar-refractivity contribution in [1.29, 1.82) is 0 Å². The molecule has 1 aliphatic rings. The normalized spacial score (nSPS) is 21.6. The summed E-state index contributed by atoms with van der Waals surface area (Å²) in [6, 6.07) is 3.84. The molecule has 0 fully saturated rings. The van der Waals surface area contributed by atoms with Gasteiger partial charge in [0.25, 0.3) is 6.02 Å². The van der Waals surface area contributed by atoms with E-state index in [9.17, 15) is 0 Å². The van der Waals surface area contributed by atoms with Gasteiger partial charge in [-0.3, -0.25) is 0 Å². The van der Waals surface area contributed by atoms with Crippen molar-refractivity contribution >= 4 is 6.02 Å². The van der Waals surface area contributed by atoms with Crippen molar-refractivity contribution in [2.75, 3.05) is 21.3 Å². The van der Waals surface area contributed by atoms with Gasteiger partial charge in [0, 0.05) is 5.56 Å². The number of hydrogen-bond acceptors (Lipinski definition) is 6. The smallest absolute Gasteiger partial charge is 0.283 e. The average molecular weight is 266 g/mol. The lowest BCUT2D eigenvalue weighted by molar-refractivity contribution is 0.197. The number of ether oxygens (including phenoxy) is 4. The molecular weight excluding hydrogens is 248 g/mol.